The highest BCUT2D eigenvalue weighted by Crippen LogP contribution is 2.31. The summed E-state index contributed by atoms with van der Waals surface area (Å²) in [6.07, 6.45) is 0. The predicted molar refractivity (Wildman–Crippen MR) is 70.2 cm³/mol. The number of nitro benzene ring substituents is 1. The number of hydrazine groups is 1. The lowest BCUT2D eigenvalue weighted by Crippen LogP contribution is -2.09. The molecule has 0 unspecified atom stereocenters. The van der Waals surface area contributed by atoms with Crippen LogP contribution in [0, 0.1) is 10.1 Å². The van der Waals surface area contributed by atoms with Gasteiger partial charge in [0, 0.05) is 22.6 Å². The van der Waals surface area contributed by atoms with Gasteiger partial charge in [-0.25, -0.2) is 5.84 Å². The number of halogens is 1. The Morgan fingerprint density at radius 2 is 2.37 bits per heavy atom. The highest BCUT2D eigenvalue weighted by molar-refractivity contribution is 7.10. The van der Waals surface area contributed by atoms with Gasteiger partial charge in [-0.05, 0) is 12.1 Å². The first-order valence-corrected chi connectivity index (χ1v) is 6.11. The molecule has 0 amide bonds. The first-order valence-electron chi connectivity index (χ1n) is 4.96. The number of nitro groups is 1. The lowest BCUT2D eigenvalue weighted by Gasteiger charge is -2.06. The fourth-order valence-corrected chi connectivity index (χ4v) is 1.96. The maximum atomic E-state index is 10.9. The zero-order chi connectivity index (χ0) is 13.8. The van der Waals surface area contributed by atoms with Crippen molar-refractivity contribution in [1.29, 1.82) is 0 Å². The fourth-order valence-electron chi connectivity index (χ4n) is 1.31. The van der Waals surface area contributed by atoms with Crippen LogP contribution in [0.1, 0.15) is 5.69 Å². The zero-order valence-corrected chi connectivity index (χ0v) is 10.9. The van der Waals surface area contributed by atoms with Crippen LogP contribution in [0.3, 0.4) is 0 Å². The Hall–Kier alpha value is -1.97. The van der Waals surface area contributed by atoms with Crippen molar-refractivity contribution in [3.63, 3.8) is 0 Å². The average Bonchev–Trinajstić information content (AvgIpc) is 2.84. The number of aromatic nitrogens is 2. The number of hydrogen-bond donors (Lipinski definition) is 2. The number of nitrogens with one attached hydrogen (secondary N) is 1. The van der Waals surface area contributed by atoms with Gasteiger partial charge in [0.15, 0.2) is 10.8 Å². The molecule has 19 heavy (non-hydrogen) atoms. The van der Waals surface area contributed by atoms with Gasteiger partial charge in [0.05, 0.1) is 4.92 Å². The predicted octanol–water partition coefficient (Wildman–Crippen LogP) is 1.96. The molecule has 0 radical (unpaired) electrons. The van der Waals surface area contributed by atoms with Gasteiger partial charge in [-0.1, -0.05) is 16.1 Å². The number of nitrogens with two attached hydrogens (primary N) is 1. The highest BCUT2D eigenvalue weighted by atomic mass is 35.5. The molecule has 10 heteroatoms. The van der Waals surface area contributed by atoms with Crippen LogP contribution in [-0.4, -0.2) is 14.5 Å². The fraction of sp³-hybridized carbons (Fsp3) is 0.111. The van der Waals surface area contributed by atoms with Crippen molar-refractivity contribution in [2.45, 2.75) is 6.61 Å². The highest BCUT2D eigenvalue weighted by Gasteiger charge is 2.17. The van der Waals surface area contributed by atoms with E-state index in [0.717, 1.165) is 11.5 Å². The van der Waals surface area contributed by atoms with Gasteiger partial charge in [0.1, 0.15) is 12.3 Å². The molecule has 1 heterocycles. The molecule has 0 aliphatic heterocycles. The Kier molecular flexibility index (Phi) is 4.10. The lowest BCUT2D eigenvalue weighted by molar-refractivity contribution is -0.385. The minimum atomic E-state index is -0.567. The van der Waals surface area contributed by atoms with Crippen LogP contribution in [0.25, 0.3) is 0 Å². The Balaban J connectivity index is 2.18. The topological polar surface area (TPSA) is 116 Å². The van der Waals surface area contributed by atoms with E-state index in [-0.39, 0.29) is 23.1 Å². The van der Waals surface area contributed by atoms with Crippen molar-refractivity contribution in [3.05, 3.63) is 39.0 Å². The van der Waals surface area contributed by atoms with Crippen LogP contribution in [0.4, 0.5) is 10.7 Å². The SMILES string of the molecule is NNc1snnc1COc1ccc(Cl)cc1[N+](=O)[O-]. The molecule has 2 rings (SSSR count). The largest absolute Gasteiger partial charge is 0.480 e. The molecule has 8 nitrogen and oxygen atoms in total. The minimum Gasteiger partial charge on any atom is -0.480 e. The van der Waals surface area contributed by atoms with Crippen LogP contribution in [0.2, 0.25) is 5.02 Å². The third kappa shape index (κ3) is 3.08. The smallest absolute Gasteiger partial charge is 0.312 e. The third-order valence-electron chi connectivity index (χ3n) is 2.17. The number of ether oxygens (including phenoxy) is 1. The quantitative estimate of drug-likeness (QED) is 0.492. The Labute approximate surface area is 116 Å². The summed E-state index contributed by atoms with van der Waals surface area (Å²) >= 11 is 6.77. The third-order valence-corrected chi connectivity index (χ3v) is 3.10. The Bertz CT molecular complexity index is 605. The lowest BCUT2D eigenvalue weighted by atomic mass is 10.3. The molecular weight excluding hydrogens is 294 g/mol. The van der Waals surface area contributed by atoms with Crippen molar-refractivity contribution < 1.29 is 9.66 Å². The summed E-state index contributed by atoms with van der Waals surface area (Å²) in [5, 5.41) is 15.5. The second-order valence-electron chi connectivity index (χ2n) is 3.35. The summed E-state index contributed by atoms with van der Waals surface area (Å²) in [5.74, 6) is 5.36. The van der Waals surface area contributed by atoms with Gasteiger partial charge >= 0.3 is 5.69 Å². The molecule has 0 fully saturated rings. The van der Waals surface area contributed by atoms with E-state index in [0.29, 0.717) is 10.7 Å². The number of nitrogen functional groups attached to an aromatic ring is 1. The van der Waals surface area contributed by atoms with Crippen LogP contribution >= 0.6 is 23.1 Å². The van der Waals surface area contributed by atoms with E-state index in [1.165, 1.54) is 18.2 Å². The molecule has 0 spiro atoms. The van der Waals surface area contributed by atoms with Crippen LogP contribution in [-0.2, 0) is 6.61 Å². The maximum Gasteiger partial charge on any atom is 0.312 e. The van der Waals surface area contributed by atoms with Crippen molar-refractivity contribution in [2.24, 2.45) is 5.84 Å². The van der Waals surface area contributed by atoms with Gasteiger partial charge in [0.25, 0.3) is 0 Å². The number of benzene rings is 1. The summed E-state index contributed by atoms with van der Waals surface area (Å²) in [6, 6.07) is 4.15. The molecule has 0 saturated carbocycles. The standard InChI is InChI=1S/C9H8ClN5O3S/c10-5-1-2-8(7(3-5)15(16)17)18-4-6-9(12-11)19-14-13-6/h1-3,12H,4,11H2. The van der Waals surface area contributed by atoms with E-state index in [1.807, 2.05) is 0 Å². The molecule has 1 aromatic carbocycles. The summed E-state index contributed by atoms with van der Waals surface area (Å²) in [5.41, 5.74) is 2.68. The van der Waals surface area contributed by atoms with Gasteiger partial charge in [-0.15, -0.1) is 5.10 Å². The van der Waals surface area contributed by atoms with Crippen molar-refractivity contribution >= 4 is 33.8 Å². The van der Waals surface area contributed by atoms with Crippen LogP contribution in [0.15, 0.2) is 18.2 Å². The van der Waals surface area contributed by atoms with E-state index < -0.39 is 4.92 Å². The number of hydrogen-bond acceptors (Lipinski definition) is 8. The van der Waals surface area contributed by atoms with E-state index in [9.17, 15) is 10.1 Å². The van der Waals surface area contributed by atoms with Gasteiger partial charge in [0.2, 0.25) is 0 Å². The molecule has 0 aliphatic carbocycles. The summed E-state index contributed by atoms with van der Waals surface area (Å²) < 4.78 is 9.04. The van der Waals surface area contributed by atoms with Gasteiger partial charge in [-0.3, -0.25) is 10.1 Å². The van der Waals surface area contributed by atoms with E-state index in [4.69, 9.17) is 22.2 Å². The normalized spacial score (nSPS) is 10.2. The summed E-state index contributed by atoms with van der Waals surface area (Å²) in [7, 11) is 0. The molecule has 2 aromatic rings. The van der Waals surface area contributed by atoms with E-state index in [2.05, 4.69) is 15.0 Å². The molecule has 0 bridgehead atoms. The van der Waals surface area contributed by atoms with Crippen molar-refractivity contribution in [2.75, 3.05) is 5.43 Å². The Morgan fingerprint density at radius 3 is 3.05 bits per heavy atom. The van der Waals surface area contributed by atoms with Crippen molar-refractivity contribution in [3.8, 4) is 5.75 Å². The maximum absolute atomic E-state index is 10.9. The van der Waals surface area contributed by atoms with Gasteiger partial charge in [-0.2, -0.15) is 0 Å². The monoisotopic (exact) mass is 301 g/mol. The minimum absolute atomic E-state index is 0.0124. The van der Waals surface area contributed by atoms with Gasteiger partial charge < -0.3 is 10.2 Å². The average molecular weight is 302 g/mol. The van der Waals surface area contributed by atoms with Crippen LogP contribution < -0.4 is 16.0 Å². The first-order chi connectivity index (χ1) is 9.11. The molecule has 0 saturated heterocycles. The zero-order valence-electron chi connectivity index (χ0n) is 9.37. The second kappa shape index (κ2) is 5.78. The first kappa shape index (κ1) is 13.5. The molecule has 3 N–H and O–H groups in total. The van der Waals surface area contributed by atoms with E-state index in [1.54, 1.807) is 0 Å². The second-order valence-corrected chi connectivity index (χ2v) is 4.54. The molecule has 100 valence electrons. The van der Waals surface area contributed by atoms with Crippen LogP contribution in [0.5, 0.6) is 5.75 Å². The van der Waals surface area contributed by atoms with E-state index >= 15 is 0 Å². The molecule has 1 aromatic heterocycles. The van der Waals surface area contributed by atoms with Crippen molar-refractivity contribution in [1.82, 2.24) is 9.59 Å². The Morgan fingerprint density at radius 1 is 1.58 bits per heavy atom. The number of nitrogens with zero attached hydrogens (tertiary/aromatic N) is 3. The number of rotatable bonds is 5. The summed E-state index contributed by atoms with van der Waals surface area (Å²) in [6.45, 7) is 0.0124. The molecular formula is C9H8ClN5O3S. The molecule has 0 aliphatic rings. The summed E-state index contributed by atoms with van der Waals surface area (Å²) in [4.78, 5) is 10.3. The number of anilines is 1. The molecule has 0 atom stereocenters.